The van der Waals surface area contributed by atoms with E-state index < -0.39 is 0 Å². The lowest BCUT2D eigenvalue weighted by Crippen LogP contribution is -2.39. The molecule has 1 saturated heterocycles. The predicted molar refractivity (Wildman–Crippen MR) is 95.3 cm³/mol. The molecule has 5 nitrogen and oxygen atoms in total. The molecule has 0 atom stereocenters. The number of amides is 1. The number of hydrogen-bond donors (Lipinski definition) is 1. The van der Waals surface area contributed by atoms with E-state index in [9.17, 15) is 9.59 Å². The first-order valence-electron chi connectivity index (χ1n) is 8.13. The summed E-state index contributed by atoms with van der Waals surface area (Å²) in [5, 5.41) is 0.699. The van der Waals surface area contributed by atoms with Gasteiger partial charge in [-0.1, -0.05) is 6.08 Å². The van der Waals surface area contributed by atoms with Crippen molar-refractivity contribution in [1.29, 1.82) is 0 Å². The number of carbonyl (C=O) groups excluding carboxylic acids is 1. The molecule has 2 aromatic rings. The number of piperidine rings is 1. The second-order valence-corrected chi connectivity index (χ2v) is 7.40. The van der Waals surface area contributed by atoms with Gasteiger partial charge in [0, 0.05) is 20.8 Å². The Bertz CT molecular complexity index is 853. The van der Waals surface area contributed by atoms with Crippen molar-refractivity contribution in [3.05, 3.63) is 39.3 Å². The number of aromatic nitrogens is 2. The summed E-state index contributed by atoms with van der Waals surface area (Å²) in [6, 6.07) is 0. The van der Waals surface area contributed by atoms with E-state index in [2.05, 4.69) is 16.5 Å². The molecule has 1 fully saturated rings. The number of thiophene rings is 1. The summed E-state index contributed by atoms with van der Waals surface area (Å²) in [6.07, 6.45) is 6.89. The minimum absolute atomic E-state index is 0. The number of carbonyl (C=O) groups is 1. The number of aryl methyl sites for hydroxylation is 2. The Labute approximate surface area is 141 Å². The molecule has 0 bridgehead atoms. The van der Waals surface area contributed by atoms with Crippen molar-refractivity contribution in [2.45, 2.75) is 32.1 Å². The number of nitrogens with zero attached hydrogens (tertiary/aromatic N) is 2. The minimum atomic E-state index is -0.168. The number of H-pyrrole nitrogens is 1. The average molecular weight is 333 g/mol. The minimum Gasteiger partial charge on any atom is -0.336 e. The SMILES string of the molecule is C=CC1CCN(C(=O)c2nc3sc4c(c3c(=O)[nH]2)CCC4)CC1.[HH].[HH]. The number of likely N-dealkylation sites (tertiary alicyclic amines) is 1. The number of rotatable bonds is 2. The highest BCUT2D eigenvalue weighted by molar-refractivity contribution is 7.18. The van der Waals surface area contributed by atoms with Gasteiger partial charge in [0.05, 0.1) is 5.39 Å². The fourth-order valence-electron chi connectivity index (χ4n) is 3.59. The van der Waals surface area contributed by atoms with Gasteiger partial charge in [-0.3, -0.25) is 9.59 Å². The van der Waals surface area contributed by atoms with Crippen molar-refractivity contribution >= 4 is 27.5 Å². The molecule has 0 unspecified atom stereocenters. The van der Waals surface area contributed by atoms with Crippen LogP contribution in [-0.4, -0.2) is 33.9 Å². The molecule has 1 N–H and O–H groups in total. The van der Waals surface area contributed by atoms with E-state index in [0.29, 0.717) is 29.2 Å². The molecule has 124 valence electrons. The molecule has 1 aliphatic carbocycles. The summed E-state index contributed by atoms with van der Waals surface area (Å²) in [6.45, 7) is 5.21. The van der Waals surface area contributed by atoms with Crippen LogP contribution in [0.25, 0.3) is 10.2 Å². The largest absolute Gasteiger partial charge is 0.336 e. The molecule has 2 aliphatic rings. The summed E-state index contributed by atoms with van der Waals surface area (Å²) in [5.41, 5.74) is 0.975. The van der Waals surface area contributed by atoms with Gasteiger partial charge in [0.25, 0.3) is 11.5 Å². The Kier molecular flexibility index (Phi) is 3.56. The molecule has 0 aromatic carbocycles. The molecule has 6 heteroatoms. The Balaban J connectivity index is 0.00000113. The zero-order valence-electron chi connectivity index (χ0n) is 12.9. The van der Waals surface area contributed by atoms with Gasteiger partial charge in [0.2, 0.25) is 5.82 Å². The lowest BCUT2D eigenvalue weighted by molar-refractivity contribution is 0.0693. The van der Waals surface area contributed by atoms with Crippen molar-refractivity contribution in [1.82, 2.24) is 14.9 Å². The highest BCUT2D eigenvalue weighted by Crippen LogP contribution is 2.34. The van der Waals surface area contributed by atoms with E-state index >= 15 is 0 Å². The fraction of sp³-hybridized carbons (Fsp3) is 0.471. The standard InChI is InChI=1S/C17H19N3O2S.2H2/c1-2-10-6-8-20(9-7-10)17(22)14-18-15(21)13-11-4-3-5-12(11)23-16(13)19-14;;/h2,10H,1,3-9H2,(H,18,19,21);2*1H. The molecular formula is C17H23N3O2S. The zero-order chi connectivity index (χ0) is 16.0. The Morgan fingerprint density at radius 2 is 2.17 bits per heavy atom. The first-order valence-corrected chi connectivity index (χ1v) is 8.95. The second kappa shape index (κ2) is 5.60. The third kappa shape index (κ3) is 2.41. The maximum Gasteiger partial charge on any atom is 0.289 e. The van der Waals surface area contributed by atoms with Crippen LogP contribution < -0.4 is 5.56 Å². The molecule has 0 radical (unpaired) electrons. The summed E-state index contributed by atoms with van der Waals surface area (Å²) in [4.78, 5) is 36.0. The van der Waals surface area contributed by atoms with Gasteiger partial charge < -0.3 is 9.88 Å². The molecule has 0 saturated carbocycles. The van der Waals surface area contributed by atoms with Crippen LogP contribution in [0.15, 0.2) is 17.4 Å². The quantitative estimate of drug-likeness (QED) is 0.859. The van der Waals surface area contributed by atoms with Crippen molar-refractivity contribution in [3.63, 3.8) is 0 Å². The third-order valence-electron chi connectivity index (χ3n) is 4.94. The normalized spacial score (nSPS) is 18.3. The molecule has 3 heterocycles. The van der Waals surface area contributed by atoms with Gasteiger partial charge >= 0.3 is 0 Å². The maximum atomic E-state index is 12.6. The number of nitrogens with one attached hydrogen (secondary N) is 1. The van der Waals surface area contributed by atoms with Gasteiger partial charge in [-0.25, -0.2) is 4.98 Å². The summed E-state index contributed by atoms with van der Waals surface area (Å²) < 4.78 is 0. The van der Waals surface area contributed by atoms with E-state index in [1.807, 2.05) is 6.08 Å². The first kappa shape index (κ1) is 14.6. The van der Waals surface area contributed by atoms with Crippen LogP contribution in [-0.2, 0) is 12.8 Å². The predicted octanol–water partition coefficient (Wildman–Crippen LogP) is 3.00. The highest BCUT2D eigenvalue weighted by atomic mass is 32.1. The summed E-state index contributed by atoms with van der Waals surface area (Å²) in [7, 11) is 0. The number of allylic oxidation sites excluding steroid dienone is 1. The van der Waals surface area contributed by atoms with E-state index in [1.165, 1.54) is 4.88 Å². The lowest BCUT2D eigenvalue weighted by atomic mass is 9.97. The topological polar surface area (TPSA) is 66.1 Å². The number of fused-ring (bicyclic) bond motifs is 3. The lowest BCUT2D eigenvalue weighted by Gasteiger charge is -2.30. The van der Waals surface area contributed by atoms with Gasteiger partial charge in [0.1, 0.15) is 4.83 Å². The van der Waals surface area contributed by atoms with Crippen LogP contribution in [0, 0.1) is 5.92 Å². The molecule has 1 aliphatic heterocycles. The van der Waals surface area contributed by atoms with Crippen LogP contribution in [0.3, 0.4) is 0 Å². The molecule has 1 amide bonds. The smallest absolute Gasteiger partial charge is 0.289 e. The summed E-state index contributed by atoms with van der Waals surface area (Å²) in [5.74, 6) is 0.494. The van der Waals surface area contributed by atoms with Crippen molar-refractivity contribution in [2.75, 3.05) is 13.1 Å². The Morgan fingerprint density at radius 1 is 1.39 bits per heavy atom. The van der Waals surface area contributed by atoms with Crippen LogP contribution in [0.5, 0.6) is 0 Å². The molecule has 23 heavy (non-hydrogen) atoms. The van der Waals surface area contributed by atoms with Crippen LogP contribution in [0.4, 0.5) is 0 Å². The van der Waals surface area contributed by atoms with Crippen LogP contribution >= 0.6 is 11.3 Å². The highest BCUT2D eigenvalue weighted by Gasteiger charge is 2.26. The van der Waals surface area contributed by atoms with E-state index in [1.54, 1.807) is 16.2 Å². The van der Waals surface area contributed by atoms with E-state index in [4.69, 9.17) is 0 Å². The van der Waals surface area contributed by atoms with Crippen LogP contribution in [0.2, 0.25) is 0 Å². The molecule has 0 spiro atoms. The van der Waals surface area contributed by atoms with Crippen molar-refractivity contribution < 1.29 is 7.65 Å². The Morgan fingerprint density at radius 3 is 2.91 bits per heavy atom. The van der Waals surface area contributed by atoms with Gasteiger partial charge in [-0.15, -0.1) is 17.9 Å². The number of aromatic amines is 1. The monoisotopic (exact) mass is 333 g/mol. The molecule has 2 aromatic heterocycles. The maximum absolute atomic E-state index is 12.6. The zero-order valence-corrected chi connectivity index (χ0v) is 13.7. The van der Waals surface area contributed by atoms with Gasteiger partial charge in [-0.05, 0) is 43.6 Å². The van der Waals surface area contributed by atoms with Gasteiger partial charge in [0.15, 0.2) is 0 Å². The summed E-state index contributed by atoms with van der Waals surface area (Å²) >= 11 is 1.57. The van der Waals surface area contributed by atoms with E-state index in [-0.39, 0.29) is 20.1 Å². The van der Waals surface area contributed by atoms with Crippen LogP contribution in [0.1, 0.15) is 43.2 Å². The third-order valence-corrected chi connectivity index (χ3v) is 6.12. The Hall–Kier alpha value is -1.95. The molecule has 4 rings (SSSR count). The van der Waals surface area contributed by atoms with Gasteiger partial charge in [-0.2, -0.15) is 0 Å². The van der Waals surface area contributed by atoms with Crippen molar-refractivity contribution in [3.8, 4) is 0 Å². The van der Waals surface area contributed by atoms with Crippen molar-refractivity contribution in [2.24, 2.45) is 5.92 Å². The second-order valence-electron chi connectivity index (χ2n) is 6.32. The average Bonchev–Trinajstić information content (AvgIpc) is 3.14. The van der Waals surface area contributed by atoms with E-state index in [0.717, 1.165) is 37.7 Å². The number of hydrogen-bond acceptors (Lipinski definition) is 4. The fourth-order valence-corrected chi connectivity index (χ4v) is 4.85. The molecular weight excluding hydrogens is 310 g/mol. The first-order chi connectivity index (χ1) is 11.2.